The molecule has 1 unspecified atom stereocenters. The summed E-state index contributed by atoms with van der Waals surface area (Å²) in [6.07, 6.45) is 2.23. The van der Waals surface area contributed by atoms with Gasteiger partial charge in [-0.1, -0.05) is 18.2 Å². The second-order valence-corrected chi connectivity index (χ2v) is 8.32. The molecule has 0 spiro atoms. The summed E-state index contributed by atoms with van der Waals surface area (Å²) in [7, 11) is -1.93. The number of primary sulfonamides is 1. The van der Waals surface area contributed by atoms with Crippen LogP contribution in [0.25, 0.3) is 0 Å². The lowest BCUT2D eigenvalue weighted by molar-refractivity contribution is -0.131. The van der Waals surface area contributed by atoms with Crippen LogP contribution in [0.3, 0.4) is 0 Å². The van der Waals surface area contributed by atoms with Crippen LogP contribution in [0.4, 0.5) is 0 Å². The number of carbonyl (C=O) groups excluding carboxylic acids is 1. The largest absolute Gasteiger partial charge is 0.339 e. The molecule has 0 saturated heterocycles. The number of amides is 1. The molecule has 0 saturated carbocycles. The number of carbonyl (C=O) groups is 1. The van der Waals surface area contributed by atoms with Crippen LogP contribution >= 0.6 is 11.3 Å². The Hall–Kier alpha value is -1.70. The van der Waals surface area contributed by atoms with Crippen molar-refractivity contribution in [2.45, 2.75) is 37.1 Å². The molecular formula is C17H22N2O3S2. The van der Waals surface area contributed by atoms with Crippen molar-refractivity contribution in [2.24, 2.45) is 5.14 Å². The Morgan fingerprint density at radius 2 is 1.92 bits per heavy atom. The maximum Gasteiger partial charge on any atom is 0.238 e. The van der Waals surface area contributed by atoms with Crippen LogP contribution in [-0.2, 0) is 21.2 Å². The number of thiophene rings is 1. The quantitative estimate of drug-likeness (QED) is 0.818. The van der Waals surface area contributed by atoms with Gasteiger partial charge in [0.05, 0.1) is 10.9 Å². The molecule has 1 atom stereocenters. The molecule has 2 N–H and O–H groups in total. The predicted octanol–water partition coefficient (Wildman–Crippen LogP) is 2.94. The van der Waals surface area contributed by atoms with Gasteiger partial charge in [-0.05, 0) is 48.9 Å². The summed E-state index contributed by atoms with van der Waals surface area (Å²) in [6.45, 7) is 1.92. The summed E-state index contributed by atoms with van der Waals surface area (Å²) in [4.78, 5) is 15.4. The third-order valence-electron chi connectivity index (χ3n) is 4.06. The monoisotopic (exact) mass is 366 g/mol. The minimum absolute atomic E-state index is 0.0726. The highest BCUT2D eigenvalue weighted by Gasteiger charge is 2.18. The maximum absolute atomic E-state index is 12.3. The Balaban J connectivity index is 1.92. The first-order valence-corrected chi connectivity index (χ1v) is 10.1. The summed E-state index contributed by atoms with van der Waals surface area (Å²) in [5, 5.41) is 7.13. The predicted molar refractivity (Wildman–Crippen MR) is 96.3 cm³/mol. The zero-order valence-electron chi connectivity index (χ0n) is 13.8. The van der Waals surface area contributed by atoms with Crippen LogP contribution in [0.1, 0.15) is 36.2 Å². The number of nitrogens with zero attached hydrogens (tertiary/aromatic N) is 1. The molecule has 0 radical (unpaired) electrons. The highest BCUT2D eigenvalue weighted by Crippen LogP contribution is 2.21. The smallest absolute Gasteiger partial charge is 0.238 e. The van der Waals surface area contributed by atoms with E-state index < -0.39 is 10.0 Å². The molecule has 1 amide bonds. The van der Waals surface area contributed by atoms with E-state index in [-0.39, 0.29) is 16.8 Å². The molecule has 0 fully saturated rings. The topological polar surface area (TPSA) is 80.5 Å². The Labute approximate surface area is 147 Å². The maximum atomic E-state index is 12.3. The highest BCUT2D eigenvalue weighted by molar-refractivity contribution is 7.89. The molecular weight excluding hydrogens is 344 g/mol. The lowest BCUT2D eigenvalue weighted by Gasteiger charge is -2.25. The Morgan fingerprint density at radius 1 is 1.25 bits per heavy atom. The van der Waals surface area contributed by atoms with Crippen LogP contribution in [0, 0.1) is 0 Å². The number of aryl methyl sites for hydroxylation is 1. The molecule has 1 heterocycles. The molecule has 2 rings (SSSR count). The third-order valence-corrected chi connectivity index (χ3v) is 5.92. The van der Waals surface area contributed by atoms with Crippen molar-refractivity contribution in [1.82, 2.24) is 4.90 Å². The molecule has 5 nitrogen and oxygen atoms in total. The second kappa shape index (κ2) is 7.92. The fraction of sp³-hybridized carbons (Fsp3) is 0.353. The first-order valence-electron chi connectivity index (χ1n) is 7.70. The molecule has 0 aliphatic carbocycles. The molecule has 1 aromatic heterocycles. The zero-order valence-corrected chi connectivity index (χ0v) is 15.4. The Kier molecular flexibility index (Phi) is 6.15. The average Bonchev–Trinajstić information content (AvgIpc) is 3.06. The fourth-order valence-electron chi connectivity index (χ4n) is 2.42. The Bertz CT molecular complexity index is 769. The van der Waals surface area contributed by atoms with E-state index in [2.05, 4.69) is 6.07 Å². The van der Waals surface area contributed by atoms with Gasteiger partial charge < -0.3 is 4.90 Å². The van der Waals surface area contributed by atoms with Crippen molar-refractivity contribution in [3.8, 4) is 0 Å². The van der Waals surface area contributed by atoms with Gasteiger partial charge in [-0.25, -0.2) is 13.6 Å². The van der Waals surface area contributed by atoms with Gasteiger partial charge in [0.1, 0.15) is 0 Å². The lowest BCUT2D eigenvalue weighted by Crippen LogP contribution is -2.29. The van der Waals surface area contributed by atoms with Gasteiger partial charge in [-0.15, -0.1) is 11.3 Å². The van der Waals surface area contributed by atoms with E-state index in [1.54, 1.807) is 35.4 Å². The van der Waals surface area contributed by atoms with Gasteiger partial charge in [-0.3, -0.25) is 4.79 Å². The zero-order chi connectivity index (χ0) is 17.7. The number of sulfonamides is 1. The Morgan fingerprint density at radius 3 is 2.46 bits per heavy atom. The van der Waals surface area contributed by atoms with E-state index >= 15 is 0 Å². The van der Waals surface area contributed by atoms with Crippen LogP contribution in [0.15, 0.2) is 46.7 Å². The van der Waals surface area contributed by atoms with Gasteiger partial charge in [-0.2, -0.15) is 0 Å². The lowest BCUT2D eigenvalue weighted by atomic mass is 10.1. The highest BCUT2D eigenvalue weighted by atomic mass is 32.2. The summed E-state index contributed by atoms with van der Waals surface area (Å²) < 4.78 is 22.6. The van der Waals surface area contributed by atoms with E-state index in [1.807, 2.05) is 18.4 Å². The van der Waals surface area contributed by atoms with Crippen LogP contribution < -0.4 is 5.14 Å². The van der Waals surface area contributed by atoms with Gasteiger partial charge in [0.2, 0.25) is 15.9 Å². The van der Waals surface area contributed by atoms with Gasteiger partial charge in [0.25, 0.3) is 0 Å². The molecule has 0 aliphatic rings. The van der Waals surface area contributed by atoms with E-state index in [0.29, 0.717) is 6.42 Å². The van der Waals surface area contributed by atoms with E-state index in [1.165, 1.54) is 17.0 Å². The van der Waals surface area contributed by atoms with Crippen LogP contribution in [0.5, 0.6) is 0 Å². The van der Waals surface area contributed by atoms with E-state index in [9.17, 15) is 13.2 Å². The van der Waals surface area contributed by atoms with Crippen molar-refractivity contribution >= 4 is 27.3 Å². The van der Waals surface area contributed by atoms with Gasteiger partial charge in [0.15, 0.2) is 0 Å². The minimum atomic E-state index is -3.69. The molecule has 0 bridgehead atoms. The molecule has 1 aromatic carbocycles. The van der Waals surface area contributed by atoms with E-state index in [4.69, 9.17) is 5.14 Å². The standard InChI is InChI=1S/C17H22N2O3S2/c1-13(14-8-10-16(11-9-14)24(18,21)22)19(2)17(20)7-3-5-15-6-4-12-23-15/h4,6,8-13H,3,5,7H2,1-2H3,(H2,18,21,22). The van der Waals surface area contributed by atoms with Crippen molar-refractivity contribution in [3.05, 3.63) is 52.2 Å². The van der Waals surface area contributed by atoms with Crippen molar-refractivity contribution in [1.29, 1.82) is 0 Å². The SMILES string of the molecule is CC(c1ccc(S(N)(=O)=O)cc1)N(C)C(=O)CCCc1cccs1. The number of benzene rings is 1. The van der Waals surface area contributed by atoms with E-state index in [0.717, 1.165) is 18.4 Å². The number of rotatable bonds is 7. The number of hydrogen-bond donors (Lipinski definition) is 1. The van der Waals surface area contributed by atoms with Crippen molar-refractivity contribution in [2.75, 3.05) is 7.05 Å². The first-order chi connectivity index (χ1) is 11.3. The summed E-state index contributed by atoms with van der Waals surface area (Å²) in [5.41, 5.74) is 0.872. The van der Waals surface area contributed by atoms with Crippen molar-refractivity contribution in [3.63, 3.8) is 0 Å². The minimum Gasteiger partial charge on any atom is -0.339 e. The second-order valence-electron chi connectivity index (χ2n) is 5.73. The normalized spacial score (nSPS) is 12.8. The molecule has 24 heavy (non-hydrogen) atoms. The van der Waals surface area contributed by atoms with Gasteiger partial charge in [0, 0.05) is 18.3 Å². The summed E-state index contributed by atoms with van der Waals surface area (Å²) in [6, 6.07) is 10.3. The molecule has 2 aromatic rings. The first kappa shape index (κ1) is 18.6. The molecule has 130 valence electrons. The number of nitrogens with two attached hydrogens (primary N) is 1. The van der Waals surface area contributed by atoms with Crippen molar-refractivity contribution < 1.29 is 13.2 Å². The fourth-order valence-corrected chi connectivity index (χ4v) is 3.69. The van der Waals surface area contributed by atoms with Crippen LogP contribution in [0.2, 0.25) is 0 Å². The summed E-state index contributed by atoms with van der Waals surface area (Å²) >= 11 is 1.71. The average molecular weight is 367 g/mol. The third kappa shape index (κ3) is 4.90. The molecule has 7 heteroatoms. The molecule has 0 aliphatic heterocycles. The number of hydrogen-bond acceptors (Lipinski definition) is 4. The van der Waals surface area contributed by atoms with Crippen LogP contribution in [-0.4, -0.2) is 26.3 Å². The van der Waals surface area contributed by atoms with Gasteiger partial charge >= 0.3 is 0 Å². The summed E-state index contributed by atoms with van der Waals surface area (Å²) in [5.74, 6) is 0.0783.